The molecule has 0 spiro atoms. The van der Waals surface area contributed by atoms with E-state index in [1.165, 1.54) is 16.9 Å². The molecule has 1 atom stereocenters. The zero-order valence-corrected chi connectivity index (χ0v) is 14.5. The number of hydrogen-bond donors (Lipinski definition) is 1. The molecule has 0 aromatic heterocycles. The van der Waals surface area contributed by atoms with Gasteiger partial charge in [0.05, 0.1) is 0 Å². The van der Waals surface area contributed by atoms with Gasteiger partial charge in [0.1, 0.15) is 0 Å². The van der Waals surface area contributed by atoms with Crippen LogP contribution in [0.3, 0.4) is 0 Å². The minimum Gasteiger partial charge on any atom is -0.344 e. The van der Waals surface area contributed by atoms with Crippen LogP contribution in [0.2, 0.25) is 0 Å². The molecule has 0 aliphatic carbocycles. The average molecular weight is 347 g/mol. The Morgan fingerprint density at radius 1 is 1.14 bits per heavy atom. The molecule has 2 aromatic rings. The summed E-state index contributed by atoms with van der Waals surface area (Å²) in [6, 6.07) is 17.3. The van der Waals surface area contributed by atoms with Crippen molar-refractivity contribution in [2.24, 2.45) is 0 Å². The number of nitrogens with one attached hydrogen (secondary N) is 1. The molecule has 0 heterocycles. The number of para-hydroxylation sites is 1. The Kier molecular flexibility index (Phi) is 5.83. The van der Waals surface area contributed by atoms with E-state index in [-0.39, 0.29) is 0 Å². The fraction of sp³-hybridized carbons (Fsp3) is 0.333. The highest BCUT2D eigenvalue weighted by atomic mass is 79.9. The van der Waals surface area contributed by atoms with Gasteiger partial charge in [-0.3, -0.25) is 0 Å². The van der Waals surface area contributed by atoms with Crippen LogP contribution in [-0.4, -0.2) is 13.6 Å². The van der Waals surface area contributed by atoms with Gasteiger partial charge in [-0.05, 0) is 55.8 Å². The van der Waals surface area contributed by atoms with Crippen LogP contribution in [-0.2, 0) is 0 Å². The molecule has 0 bridgehead atoms. The van der Waals surface area contributed by atoms with Gasteiger partial charge in [0.2, 0.25) is 0 Å². The number of hydrogen-bond acceptors (Lipinski definition) is 2. The van der Waals surface area contributed by atoms with E-state index < -0.39 is 0 Å². The lowest BCUT2D eigenvalue weighted by Gasteiger charge is -2.26. The number of rotatable bonds is 6. The normalized spacial score (nSPS) is 12.2. The molecular weight excluding hydrogens is 324 g/mol. The highest BCUT2D eigenvalue weighted by molar-refractivity contribution is 9.10. The Balaban J connectivity index is 2.34. The van der Waals surface area contributed by atoms with Crippen molar-refractivity contribution in [3.05, 3.63) is 58.6 Å². The Hall–Kier alpha value is -1.32. The summed E-state index contributed by atoms with van der Waals surface area (Å²) in [4.78, 5) is 2.24. The van der Waals surface area contributed by atoms with Crippen LogP contribution in [0.25, 0.3) is 0 Å². The number of benzene rings is 2. The zero-order valence-electron chi connectivity index (χ0n) is 12.9. The molecule has 2 rings (SSSR count). The lowest BCUT2D eigenvalue weighted by atomic mass is 10.0. The molecule has 0 radical (unpaired) electrons. The van der Waals surface area contributed by atoms with Crippen LogP contribution in [0.1, 0.15) is 31.9 Å². The van der Waals surface area contributed by atoms with E-state index in [0.29, 0.717) is 6.04 Å². The molecule has 2 nitrogen and oxygen atoms in total. The summed E-state index contributed by atoms with van der Waals surface area (Å²) in [6.07, 6.45) is 1.14. The van der Waals surface area contributed by atoms with Crippen molar-refractivity contribution in [1.82, 2.24) is 5.32 Å². The van der Waals surface area contributed by atoms with E-state index in [4.69, 9.17) is 0 Å². The molecule has 0 fully saturated rings. The zero-order chi connectivity index (χ0) is 15.2. The maximum absolute atomic E-state index is 3.59. The smallest absolute Gasteiger partial charge is 0.0457 e. The highest BCUT2D eigenvalue weighted by Gasteiger charge is 2.14. The second-order valence-corrected chi connectivity index (χ2v) is 6.19. The maximum atomic E-state index is 3.59. The van der Waals surface area contributed by atoms with Crippen molar-refractivity contribution >= 4 is 27.3 Å². The average Bonchev–Trinajstić information content (AvgIpc) is 2.52. The minimum absolute atomic E-state index is 0.323. The summed E-state index contributed by atoms with van der Waals surface area (Å²) < 4.78 is 1.12. The quantitative estimate of drug-likeness (QED) is 0.765. The summed E-state index contributed by atoms with van der Waals surface area (Å²) >= 11 is 3.59. The van der Waals surface area contributed by atoms with Gasteiger partial charge in [-0.15, -0.1) is 0 Å². The van der Waals surface area contributed by atoms with Crippen LogP contribution >= 0.6 is 15.9 Å². The first kappa shape index (κ1) is 16.1. The summed E-state index contributed by atoms with van der Waals surface area (Å²) in [5.74, 6) is 0. The van der Waals surface area contributed by atoms with Crippen LogP contribution < -0.4 is 10.2 Å². The third kappa shape index (κ3) is 4.08. The third-order valence-electron chi connectivity index (χ3n) is 3.66. The molecule has 0 aliphatic heterocycles. The van der Waals surface area contributed by atoms with Gasteiger partial charge in [0, 0.05) is 28.9 Å². The Morgan fingerprint density at radius 2 is 1.86 bits per heavy atom. The number of halogens is 1. The molecule has 0 saturated heterocycles. The highest BCUT2D eigenvalue weighted by Crippen LogP contribution is 2.32. The van der Waals surface area contributed by atoms with Crippen molar-refractivity contribution in [1.29, 1.82) is 0 Å². The molecule has 3 heteroatoms. The first-order chi connectivity index (χ1) is 10.1. The van der Waals surface area contributed by atoms with Crippen molar-refractivity contribution in [2.45, 2.75) is 26.3 Å². The van der Waals surface area contributed by atoms with Crippen molar-refractivity contribution in [3.63, 3.8) is 0 Å². The van der Waals surface area contributed by atoms with E-state index >= 15 is 0 Å². The first-order valence-electron chi connectivity index (χ1n) is 7.45. The lowest BCUT2D eigenvalue weighted by molar-refractivity contribution is 0.570. The molecule has 0 aliphatic rings. The van der Waals surface area contributed by atoms with Crippen molar-refractivity contribution in [3.8, 4) is 0 Å². The summed E-state index contributed by atoms with van der Waals surface area (Å²) in [5, 5.41) is 3.58. The van der Waals surface area contributed by atoms with Gasteiger partial charge in [-0.25, -0.2) is 0 Å². The molecular formula is C18H23BrN2. The van der Waals surface area contributed by atoms with Gasteiger partial charge in [0.25, 0.3) is 0 Å². The number of anilines is 2. The van der Waals surface area contributed by atoms with E-state index in [9.17, 15) is 0 Å². The molecule has 1 unspecified atom stereocenters. The van der Waals surface area contributed by atoms with Crippen LogP contribution in [0.15, 0.2) is 53.0 Å². The third-order valence-corrected chi connectivity index (χ3v) is 4.15. The van der Waals surface area contributed by atoms with Crippen molar-refractivity contribution < 1.29 is 0 Å². The fourth-order valence-electron chi connectivity index (χ4n) is 2.44. The number of nitrogens with zero attached hydrogens (tertiary/aromatic N) is 1. The Morgan fingerprint density at radius 3 is 2.52 bits per heavy atom. The molecule has 2 aromatic carbocycles. The largest absolute Gasteiger partial charge is 0.344 e. The van der Waals surface area contributed by atoms with Gasteiger partial charge >= 0.3 is 0 Å². The first-order valence-corrected chi connectivity index (χ1v) is 8.24. The maximum Gasteiger partial charge on any atom is 0.0457 e. The van der Waals surface area contributed by atoms with Crippen molar-refractivity contribution in [2.75, 3.05) is 18.5 Å². The van der Waals surface area contributed by atoms with Gasteiger partial charge in [-0.2, -0.15) is 0 Å². The van der Waals surface area contributed by atoms with Crippen LogP contribution in [0.5, 0.6) is 0 Å². The second-order valence-electron chi connectivity index (χ2n) is 5.27. The lowest BCUT2D eigenvalue weighted by Crippen LogP contribution is -2.22. The monoisotopic (exact) mass is 346 g/mol. The molecule has 1 N–H and O–H groups in total. The van der Waals surface area contributed by atoms with Crippen LogP contribution in [0, 0.1) is 0 Å². The van der Waals surface area contributed by atoms with E-state index in [0.717, 1.165) is 17.4 Å². The standard InChI is InChI=1S/C18H23BrN2/c1-4-12-20-14(2)17-13-15(19)10-11-18(17)21(3)16-8-6-5-7-9-16/h5-11,13-14,20H,4,12H2,1-3H3. The van der Waals surface area contributed by atoms with Gasteiger partial charge < -0.3 is 10.2 Å². The predicted molar refractivity (Wildman–Crippen MR) is 95.4 cm³/mol. The van der Waals surface area contributed by atoms with E-state index in [1.54, 1.807) is 0 Å². The van der Waals surface area contributed by atoms with Crippen LogP contribution in [0.4, 0.5) is 11.4 Å². The summed E-state index contributed by atoms with van der Waals surface area (Å²) in [7, 11) is 2.12. The topological polar surface area (TPSA) is 15.3 Å². The SMILES string of the molecule is CCCNC(C)c1cc(Br)ccc1N(C)c1ccccc1. The van der Waals surface area contributed by atoms with Gasteiger partial charge in [-0.1, -0.05) is 41.1 Å². The Labute approximate surface area is 136 Å². The van der Waals surface area contributed by atoms with Gasteiger partial charge in [0.15, 0.2) is 0 Å². The fourth-order valence-corrected chi connectivity index (χ4v) is 2.82. The molecule has 0 amide bonds. The minimum atomic E-state index is 0.323. The predicted octanol–water partition coefficient (Wildman–Crippen LogP) is 5.28. The summed E-state index contributed by atoms with van der Waals surface area (Å²) in [5.41, 5.74) is 3.74. The molecule has 21 heavy (non-hydrogen) atoms. The van der Waals surface area contributed by atoms with E-state index in [2.05, 4.69) is 89.5 Å². The second kappa shape index (κ2) is 7.62. The van der Waals surface area contributed by atoms with E-state index in [1.807, 2.05) is 6.07 Å². The Bertz CT molecular complexity index is 569. The summed E-state index contributed by atoms with van der Waals surface area (Å²) in [6.45, 7) is 5.44. The molecule has 112 valence electrons. The molecule has 0 saturated carbocycles.